The molecule has 144 valence electrons. The molecule has 0 bridgehead atoms. The Balaban J connectivity index is 2.31. The Hall–Kier alpha value is -2.02. The quantitative estimate of drug-likeness (QED) is 0.556. The van der Waals surface area contributed by atoms with Gasteiger partial charge >= 0.3 is 0 Å². The molecule has 0 aromatic heterocycles. The zero-order chi connectivity index (χ0) is 20.0. The molecule has 0 amide bonds. The third kappa shape index (κ3) is 3.70. The van der Waals surface area contributed by atoms with Crippen molar-refractivity contribution in [2.45, 2.75) is 72.1 Å². The number of allylic oxidation sites excluding steroid dienone is 1. The van der Waals surface area contributed by atoms with E-state index in [0.717, 1.165) is 18.6 Å². The number of hydrogen-bond donors (Lipinski definition) is 0. The standard InChI is InChI=1S/C26H34O/c1-9-17-13-18-11-10-12-20(21(18)14-17)19-15-22(25(2,3)4)24(27-8)23(16-19)26(5,6)7/h10-12,14-16H,9,13H2,1-8H3. The molecule has 2 aromatic rings. The summed E-state index contributed by atoms with van der Waals surface area (Å²) in [7, 11) is 1.80. The number of benzene rings is 2. The number of methoxy groups -OCH3 is 1. The lowest BCUT2D eigenvalue weighted by atomic mass is 9.77. The number of ether oxygens (including phenoxy) is 1. The monoisotopic (exact) mass is 362 g/mol. The molecule has 0 unspecified atom stereocenters. The lowest BCUT2D eigenvalue weighted by Crippen LogP contribution is -2.19. The van der Waals surface area contributed by atoms with Gasteiger partial charge < -0.3 is 4.74 Å². The average Bonchev–Trinajstić information content (AvgIpc) is 3.02. The van der Waals surface area contributed by atoms with E-state index >= 15 is 0 Å². The molecule has 0 aliphatic heterocycles. The Labute approximate surface area is 165 Å². The van der Waals surface area contributed by atoms with Crippen LogP contribution in [0.4, 0.5) is 0 Å². The zero-order valence-electron chi connectivity index (χ0n) is 18.3. The van der Waals surface area contributed by atoms with E-state index in [1.54, 1.807) is 7.11 Å². The molecule has 0 saturated carbocycles. The number of fused-ring (bicyclic) bond motifs is 1. The zero-order valence-corrected chi connectivity index (χ0v) is 18.3. The van der Waals surface area contributed by atoms with Crippen molar-refractivity contribution in [2.24, 2.45) is 0 Å². The molecular formula is C26H34O. The van der Waals surface area contributed by atoms with Crippen LogP contribution in [0.2, 0.25) is 0 Å². The highest BCUT2D eigenvalue weighted by atomic mass is 16.5. The predicted molar refractivity (Wildman–Crippen MR) is 118 cm³/mol. The molecule has 2 aromatic carbocycles. The summed E-state index contributed by atoms with van der Waals surface area (Å²) >= 11 is 0. The Morgan fingerprint density at radius 2 is 1.52 bits per heavy atom. The maximum absolute atomic E-state index is 5.94. The van der Waals surface area contributed by atoms with Gasteiger partial charge in [-0.25, -0.2) is 0 Å². The van der Waals surface area contributed by atoms with Crippen LogP contribution in [-0.2, 0) is 17.3 Å². The van der Waals surface area contributed by atoms with Gasteiger partial charge in [0.05, 0.1) is 7.11 Å². The van der Waals surface area contributed by atoms with E-state index in [-0.39, 0.29) is 10.8 Å². The maximum Gasteiger partial charge on any atom is 0.126 e. The van der Waals surface area contributed by atoms with E-state index in [1.165, 1.54) is 39.0 Å². The van der Waals surface area contributed by atoms with Gasteiger partial charge in [-0.05, 0) is 58.1 Å². The van der Waals surface area contributed by atoms with E-state index in [0.29, 0.717) is 0 Å². The van der Waals surface area contributed by atoms with E-state index in [9.17, 15) is 0 Å². The molecule has 27 heavy (non-hydrogen) atoms. The van der Waals surface area contributed by atoms with E-state index < -0.39 is 0 Å². The molecule has 0 fully saturated rings. The first-order valence-electron chi connectivity index (χ1n) is 10.1. The maximum atomic E-state index is 5.94. The summed E-state index contributed by atoms with van der Waals surface area (Å²) in [5.41, 5.74) is 9.62. The fourth-order valence-electron chi connectivity index (χ4n) is 4.03. The largest absolute Gasteiger partial charge is 0.496 e. The first kappa shape index (κ1) is 19.7. The first-order chi connectivity index (χ1) is 12.6. The van der Waals surface area contributed by atoms with Crippen LogP contribution in [0.15, 0.2) is 35.9 Å². The lowest BCUT2D eigenvalue weighted by Gasteiger charge is -2.30. The third-order valence-corrected chi connectivity index (χ3v) is 5.64. The molecule has 1 aliphatic carbocycles. The van der Waals surface area contributed by atoms with Crippen LogP contribution in [-0.4, -0.2) is 7.11 Å². The average molecular weight is 363 g/mol. The minimum atomic E-state index is 0.0176. The molecule has 0 radical (unpaired) electrons. The van der Waals surface area contributed by atoms with Gasteiger partial charge in [0, 0.05) is 11.1 Å². The molecule has 0 spiro atoms. The van der Waals surface area contributed by atoms with Crippen molar-refractivity contribution in [3.63, 3.8) is 0 Å². The molecule has 0 N–H and O–H groups in total. The van der Waals surface area contributed by atoms with Crippen molar-refractivity contribution >= 4 is 6.08 Å². The van der Waals surface area contributed by atoms with Crippen LogP contribution in [0.5, 0.6) is 5.75 Å². The van der Waals surface area contributed by atoms with Gasteiger partial charge in [0.1, 0.15) is 5.75 Å². The van der Waals surface area contributed by atoms with Crippen molar-refractivity contribution in [1.82, 2.24) is 0 Å². The molecule has 0 atom stereocenters. The summed E-state index contributed by atoms with van der Waals surface area (Å²) in [6.45, 7) is 15.9. The molecule has 1 aliphatic rings. The normalized spacial score (nSPS) is 14.1. The highest BCUT2D eigenvalue weighted by Gasteiger charge is 2.28. The van der Waals surface area contributed by atoms with Crippen molar-refractivity contribution in [3.8, 4) is 16.9 Å². The van der Waals surface area contributed by atoms with Gasteiger partial charge in [-0.2, -0.15) is 0 Å². The lowest BCUT2D eigenvalue weighted by molar-refractivity contribution is 0.381. The summed E-state index contributed by atoms with van der Waals surface area (Å²) in [4.78, 5) is 0. The minimum Gasteiger partial charge on any atom is -0.496 e. The highest BCUT2D eigenvalue weighted by molar-refractivity contribution is 5.82. The summed E-state index contributed by atoms with van der Waals surface area (Å²) < 4.78 is 5.94. The Kier molecular flexibility index (Phi) is 5.01. The Morgan fingerprint density at radius 3 is 2.00 bits per heavy atom. The van der Waals surface area contributed by atoms with E-state index in [2.05, 4.69) is 84.9 Å². The van der Waals surface area contributed by atoms with Crippen molar-refractivity contribution in [1.29, 1.82) is 0 Å². The highest BCUT2D eigenvalue weighted by Crippen LogP contribution is 2.44. The Bertz CT molecular complexity index is 850. The van der Waals surface area contributed by atoms with Crippen LogP contribution in [0.25, 0.3) is 17.2 Å². The second-order valence-corrected chi connectivity index (χ2v) is 9.82. The van der Waals surface area contributed by atoms with E-state index in [1.807, 2.05) is 0 Å². The molecule has 0 saturated heterocycles. The molecular weight excluding hydrogens is 328 g/mol. The SMILES string of the molecule is CCC1=Cc2c(cccc2-c2cc(C(C)(C)C)c(OC)c(C(C)(C)C)c2)C1. The van der Waals surface area contributed by atoms with Crippen LogP contribution in [0.1, 0.15) is 77.1 Å². The smallest absolute Gasteiger partial charge is 0.126 e. The van der Waals surface area contributed by atoms with E-state index in [4.69, 9.17) is 4.74 Å². The first-order valence-corrected chi connectivity index (χ1v) is 10.1. The Morgan fingerprint density at radius 1 is 0.926 bits per heavy atom. The molecule has 0 heterocycles. The van der Waals surface area contributed by atoms with Crippen molar-refractivity contribution in [3.05, 3.63) is 58.2 Å². The van der Waals surface area contributed by atoms with Crippen LogP contribution in [0, 0.1) is 0 Å². The summed E-state index contributed by atoms with van der Waals surface area (Å²) in [6, 6.07) is 11.5. The topological polar surface area (TPSA) is 9.23 Å². The second kappa shape index (κ2) is 6.86. The minimum absolute atomic E-state index is 0.0176. The van der Waals surface area contributed by atoms with Gasteiger partial charge in [0.2, 0.25) is 0 Å². The summed E-state index contributed by atoms with van der Waals surface area (Å²) in [6.07, 6.45) is 4.62. The number of hydrogen-bond acceptors (Lipinski definition) is 1. The summed E-state index contributed by atoms with van der Waals surface area (Å²) in [5.74, 6) is 1.04. The summed E-state index contributed by atoms with van der Waals surface area (Å²) in [5, 5.41) is 0. The third-order valence-electron chi connectivity index (χ3n) is 5.64. The van der Waals surface area contributed by atoms with Gasteiger partial charge in [-0.1, -0.05) is 78.3 Å². The number of rotatable bonds is 3. The van der Waals surface area contributed by atoms with Crippen molar-refractivity contribution < 1.29 is 4.74 Å². The fraction of sp³-hybridized carbons (Fsp3) is 0.462. The fourth-order valence-corrected chi connectivity index (χ4v) is 4.03. The molecule has 1 heteroatoms. The van der Waals surface area contributed by atoms with Crippen LogP contribution >= 0.6 is 0 Å². The van der Waals surface area contributed by atoms with Gasteiger partial charge in [-0.15, -0.1) is 0 Å². The molecule has 3 rings (SSSR count). The van der Waals surface area contributed by atoms with Gasteiger partial charge in [-0.3, -0.25) is 0 Å². The predicted octanol–water partition coefficient (Wildman–Crippen LogP) is 7.31. The van der Waals surface area contributed by atoms with Crippen LogP contribution < -0.4 is 4.74 Å². The molecule has 1 nitrogen and oxygen atoms in total. The second-order valence-electron chi connectivity index (χ2n) is 9.82. The van der Waals surface area contributed by atoms with Crippen molar-refractivity contribution in [2.75, 3.05) is 7.11 Å². The van der Waals surface area contributed by atoms with Gasteiger partial charge in [0.25, 0.3) is 0 Å². The van der Waals surface area contributed by atoms with Gasteiger partial charge in [0.15, 0.2) is 0 Å². The van der Waals surface area contributed by atoms with Crippen LogP contribution in [0.3, 0.4) is 0 Å².